The van der Waals surface area contributed by atoms with Gasteiger partial charge in [-0.15, -0.1) is 0 Å². The first-order valence-electron chi connectivity index (χ1n) is 4.28. The molecule has 7 nitrogen and oxygen atoms in total. The molecular weight excluding hydrogens is 234 g/mol. The first-order chi connectivity index (χ1) is 7.23. The third-order valence-electron chi connectivity index (χ3n) is 2.07. The van der Waals surface area contributed by atoms with Gasteiger partial charge in [-0.05, 0) is 6.92 Å². The van der Waals surface area contributed by atoms with Crippen LogP contribution in [0.4, 0.5) is 5.82 Å². The number of hydrogen-bond acceptors (Lipinski definition) is 6. The number of rotatable bonds is 3. The first-order valence-corrected chi connectivity index (χ1v) is 6.23. The van der Waals surface area contributed by atoms with Gasteiger partial charge >= 0.3 is 5.97 Å². The molecule has 0 saturated heterocycles. The van der Waals surface area contributed by atoms with E-state index in [2.05, 4.69) is 9.97 Å². The standard InChI is InChI=1S/C8H11N3O4S/c1-4(16(2,14)15)7-10-3-5(8(12)13)6(9)11-7/h3-4H,1-2H3,(H,12,13)(H2,9,10,11). The van der Waals surface area contributed by atoms with Crippen LogP contribution in [0.5, 0.6) is 0 Å². The van der Waals surface area contributed by atoms with Gasteiger partial charge in [-0.25, -0.2) is 23.2 Å². The quantitative estimate of drug-likeness (QED) is 0.759. The molecule has 8 heteroatoms. The summed E-state index contributed by atoms with van der Waals surface area (Å²) in [5, 5.41) is 7.76. The molecule has 0 aromatic carbocycles. The van der Waals surface area contributed by atoms with Crippen LogP contribution < -0.4 is 5.73 Å². The Labute approximate surface area is 92.3 Å². The molecular formula is C8H11N3O4S. The molecule has 0 bridgehead atoms. The molecule has 88 valence electrons. The summed E-state index contributed by atoms with van der Waals surface area (Å²) in [6.07, 6.45) is 2.05. The molecule has 0 radical (unpaired) electrons. The van der Waals surface area contributed by atoms with Crippen molar-refractivity contribution in [3.05, 3.63) is 17.6 Å². The lowest BCUT2D eigenvalue weighted by Crippen LogP contribution is -2.14. The average molecular weight is 245 g/mol. The summed E-state index contributed by atoms with van der Waals surface area (Å²) < 4.78 is 22.4. The molecule has 0 spiro atoms. The zero-order chi connectivity index (χ0) is 12.5. The fourth-order valence-corrected chi connectivity index (χ4v) is 1.46. The number of sulfone groups is 1. The summed E-state index contributed by atoms with van der Waals surface area (Å²) >= 11 is 0. The minimum absolute atomic E-state index is 0.00926. The van der Waals surface area contributed by atoms with Crippen LogP contribution in [0.25, 0.3) is 0 Å². The van der Waals surface area contributed by atoms with Gasteiger partial charge in [-0.1, -0.05) is 0 Å². The first kappa shape index (κ1) is 12.4. The predicted molar refractivity (Wildman–Crippen MR) is 56.7 cm³/mol. The van der Waals surface area contributed by atoms with Crippen molar-refractivity contribution in [2.75, 3.05) is 12.0 Å². The maximum absolute atomic E-state index is 11.2. The SMILES string of the molecule is CC(c1ncc(C(=O)O)c(N)n1)S(C)(=O)=O. The molecule has 1 unspecified atom stereocenters. The van der Waals surface area contributed by atoms with E-state index in [0.29, 0.717) is 0 Å². The van der Waals surface area contributed by atoms with E-state index < -0.39 is 21.1 Å². The molecule has 0 aliphatic heterocycles. The predicted octanol–water partition coefficient (Wildman–Crippen LogP) is -0.137. The smallest absolute Gasteiger partial charge is 0.341 e. The summed E-state index contributed by atoms with van der Waals surface area (Å²) in [5.74, 6) is -1.51. The number of nitrogens with two attached hydrogens (primary N) is 1. The Morgan fingerprint density at radius 1 is 1.56 bits per heavy atom. The van der Waals surface area contributed by atoms with Crippen molar-refractivity contribution >= 4 is 21.6 Å². The number of nitrogens with zero attached hydrogens (tertiary/aromatic N) is 2. The molecule has 0 amide bonds. The van der Waals surface area contributed by atoms with E-state index in [1.54, 1.807) is 0 Å². The molecule has 1 atom stereocenters. The normalized spacial score (nSPS) is 13.4. The topological polar surface area (TPSA) is 123 Å². The Morgan fingerprint density at radius 3 is 2.50 bits per heavy atom. The zero-order valence-corrected chi connectivity index (χ0v) is 9.52. The minimum Gasteiger partial charge on any atom is -0.477 e. The highest BCUT2D eigenvalue weighted by Crippen LogP contribution is 2.18. The minimum atomic E-state index is -3.33. The second kappa shape index (κ2) is 4.05. The van der Waals surface area contributed by atoms with Gasteiger partial charge in [0.15, 0.2) is 9.84 Å². The second-order valence-electron chi connectivity index (χ2n) is 3.30. The molecule has 0 saturated carbocycles. The maximum Gasteiger partial charge on any atom is 0.341 e. The summed E-state index contributed by atoms with van der Waals surface area (Å²) in [5.41, 5.74) is 5.13. The van der Waals surface area contributed by atoms with Crippen molar-refractivity contribution in [2.24, 2.45) is 0 Å². The lowest BCUT2D eigenvalue weighted by atomic mass is 10.3. The van der Waals surface area contributed by atoms with E-state index in [9.17, 15) is 13.2 Å². The third kappa shape index (κ3) is 2.45. The Balaban J connectivity index is 3.21. The number of aromatic nitrogens is 2. The Morgan fingerprint density at radius 2 is 2.12 bits per heavy atom. The van der Waals surface area contributed by atoms with Crippen LogP contribution in [0.2, 0.25) is 0 Å². The number of carboxylic acid groups (broad SMARTS) is 1. The molecule has 1 aromatic heterocycles. The highest BCUT2D eigenvalue weighted by Gasteiger charge is 2.22. The maximum atomic E-state index is 11.2. The molecule has 1 heterocycles. The monoisotopic (exact) mass is 245 g/mol. The van der Waals surface area contributed by atoms with Crippen LogP contribution in [-0.4, -0.2) is 35.7 Å². The van der Waals surface area contributed by atoms with Crippen molar-refractivity contribution in [2.45, 2.75) is 12.2 Å². The lowest BCUT2D eigenvalue weighted by molar-refractivity contribution is 0.0697. The van der Waals surface area contributed by atoms with Gasteiger partial charge < -0.3 is 10.8 Å². The van der Waals surface area contributed by atoms with Gasteiger partial charge in [0.25, 0.3) is 0 Å². The summed E-state index contributed by atoms with van der Waals surface area (Å²) in [7, 11) is -3.33. The van der Waals surface area contributed by atoms with Gasteiger partial charge in [0, 0.05) is 12.5 Å². The van der Waals surface area contributed by atoms with Crippen molar-refractivity contribution in [3.63, 3.8) is 0 Å². The Hall–Kier alpha value is -1.70. The summed E-state index contributed by atoms with van der Waals surface area (Å²) in [6.45, 7) is 1.41. The van der Waals surface area contributed by atoms with Gasteiger partial charge in [0.2, 0.25) is 0 Å². The van der Waals surface area contributed by atoms with E-state index in [-0.39, 0.29) is 17.2 Å². The van der Waals surface area contributed by atoms with Crippen molar-refractivity contribution in [3.8, 4) is 0 Å². The Bertz CT molecular complexity index is 526. The van der Waals surface area contributed by atoms with Crippen LogP contribution in [0.15, 0.2) is 6.20 Å². The molecule has 0 fully saturated rings. The van der Waals surface area contributed by atoms with E-state index in [1.807, 2.05) is 0 Å². The molecule has 16 heavy (non-hydrogen) atoms. The molecule has 0 aliphatic rings. The second-order valence-corrected chi connectivity index (χ2v) is 5.67. The van der Waals surface area contributed by atoms with Gasteiger partial charge in [0.1, 0.15) is 22.5 Å². The van der Waals surface area contributed by atoms with Crippen LogP contribution >= 0.6 is 0 Å². The van der Waals surface area contributed by atoms with Crippen LogP contribution in [0.1, 0.15) is 28.4 Å². The van der Waals surface area contributed by atoms with Crippen molar-refractivity contribution < 1.29 is 18.3 Å². The molecule has 1 rings (SSSR count). The highest BCUT2D eigenvalue weighted by molar-refractivity contribution is 7.90. The fraction of sp³-hybridized carbons (Fsp3) is 0.375. The molecule has 1 aromatic rings. The number of anilines is 1. The lowest BCUT2D eigenvalue weighted by Gasteiger charge is -2.08. The van der Waals surface area contributed by atoms with Gasteiger partial charge in [-0.2, -0.15) is 0 Å². The van der Waals surface area contributed by atoms with Crippen molar-refractivity contribution in [1.82, 2.24) is 9.97 Å². The summed E-state index contributed by atoms with van der Waals surface area (Å²) in [6, 6.07) is 0. The van der Waals surface area contributed by atoms with E-state index >= 15 is 0 Å². The zero-order valence-electron chi connectivity index (χ0n) is 8.71. The summed E-state index contributed by atoms with van der Waals surface area (Å²) in [4.78, 5) is 18.0. The largest absolute Gasteiger partial charge is 0.477 e. The van der Waals surface area contributed by atoms with Crippen LogP contribution in [-0.2, 0) is 9.84 Å². The number of aromatic carboxylic acids is 1. The molecule has 0 aliphatic carbocycles. The van der Waals surface area contributed by atoms with Crippen molar-refractivity contribution in [1.29, 1.82) is 0 Å². The number of nitrogen functional groups attached to an aromatic ring is 1. The van der Waals surface area contributed by atoms with E-state index in [0.717, 1.165) is 12.5 Å². The highest BCUT2D eigenvalue weighted by atomic mass is 32.2. The Kier molecular flexibility index (Phi) is 3.13. The number of carbonyl (C=O) groups is 1. The number of carboxylic acids is 1. The third-order valence-corrected chi connectivity index (χ3v) is 3.57. The van der Waals surface area contributed by atoms with Crippen LogP contribution in [0.3, 0.4) is 0 Å². The van der Waals surface area contributed by atoms with E-state index in [4.69, 9.17) is 10.8 Å². The number of hydrogen-bond donors (Lipinski definition) is 2. The van der Waals surface area contributed by atoms with Crippen LogP contribution in [0, 0.1) is 0 Å². The fourth-order valence-electron chi connectivity index (χ4n) is 0.961. The average Bonchev–Trinajstić information content (AvgIpc) is 2.14. The van der Waals surface area contributed by atoms with Gasteiger partial charge in [-0.3, -0.25) is 0 Å². The van der Waals surface area contributed by atoms with E-state index in [1.165, 1.54) is 6.92 Å². The molecule has 3 N–H and O–H groups in total. The van der Waals surface area contributed by atoms with Gasteiger partial charge in [0.05, 0.1) is 0 Å².